The maximum absolute atomic E-state index is 11.8. The lowest BCUT2D eigenvalue weighted by Gasteiger charge is -2.40. The number of rotatable bonds is 9. The Hall–Kier alpha value is -1.43. The van der Waals surface area contributed by atoms with Crippen molar-refractivity contribution in [3.05, 3.63) is 35.9 Å². The first-order valence-electron chi connectivity index (χ1n) is 9.67. The summed E-state index contributed by atoms with van der Waals surface area (Å²) in [6, 6.07) is 11.2. The number of hydrogen-bond acceptors (Lipinski definition) is 4. The summed E-state index contributed by atoms with van der Waals surface area (Å²) in [5, 5.41) is 6.28. The van der Waals surface area contributed by atoms with E-state index in [1.807, 2.05) is 0 Å². The van der Waals surface area contributed by atoms with Crippen LogP contribution in [-0.2, 0) is 4.79 Å². The van der Waals surface area contributed by atoms with Gasteiger partial charge in [-0.15, -0.1) is 0 Å². The molecule has 25 heavy (non-hydrogen) atoms. The van der Waals surface area contributed by atoms with Gasteiger partial charge in [0.2, 0.25) is 5.91 Å². The first-order chi connectivity index (χ1) is 12.2. The Kier molecular flexibility index (Phi) is 6.84. The number of benzene rings is 1. The third-order valence-electron chi connectivity index (χ3n) is 5.24. The number of piperazine rings is 1. The molecule has 138 valence electrons. The Morgan fingerprint density at radius 3 is 2.76 bits per heavy atom. The third-order valence-corrected chi connectivity index (χ3v) is 5.24. The molecule has 2 N–H and O–H groups in total. The topological polar surface area (TPSA) is 47.6 Å². The molecule has 0 bridgehead atoms. The molecular formula is C20H32N4O. The van der Waals surface area contributed by atoms with Crippen molar-refractivity contribution in [3.8, 4) is 0 Å². The summed E-state index contributed by atoms with van der Waals surface area (Å²) in [5.41, 5.74) is 1.39. The predicted octanol–water partition coefficient (Wildman–Crippen LogP) is 1.48. The lowest BCUT2D eigenvalue weighted by molar-refractivity contribution is -0.120. The predicted molar refractivity (Wildman–Crippen MR) is 101 cm³/mol. The number of hydrogen-bond donors (Lipinski definition) is 2. The highest BCUT2D eigenvalue weighted by Gasteiger charge is 2.26. The average molecular weight is 345 g/mol. The van der Waals surface area contributed by atoms with E-state index in [9.17, 15) is 4.79 Å². The van der Waals surface area contributed by atoms with Crippen LogP contribution in [0.2, 0.25) is 0 Å². The summed E-state index contributed by atoms with van der Waals surface area (Å²) in [7, 11) is 2.20. The fraction of sp³-hybridized carbons (Fsp3) is 0.650. The fourth-order valence-corrected chi connectivity index (χ4v) is 3.50. The molecule has 0 spiro atoms. The normalized spacial score (nSPS) is 22.0. The van der Waals surface area contributed by atoms with Crippen molar-refractivity contribution in [2.45, 2.75) is 25.3 Å². The highest BCUT2D eigenvalue weighted by atomic mass is 16.1. The SMILES string of the molecule is CN1CCN(CCCNC(=O)CNCC2CC2)C(c2ccccc2)C1. The van der Waals surface area contributed by atoms with E-state index in [1.54, 1.807) is 0 Å². The van der Waals surface area contributed by atoms with Crippen LogP contribution in [0.5, 0.6) is 0 Å². The molecule has 2 aliphatic rings. The largest absolute Gasteiger partial charge is 0.355 e. The van der Waals surface area contributed by atoms with Crippen LogP contribution < -0.4 is 10.6 Å². The second-order valence-electron chi connectivity index (χ2n) is 7.50. The maximum Gasteiger partial charge on any atom is 0.233 e. The van der Waals surface area contributed by atoms with E-state index in [0.717, 1.165) is 51.6 Å². The Labute approximate surface area is 151 Å². The first-order valence-corrected chi connectivity index (χ1v) is 9.67. The van der Waals surface area contributed by atoms with E-state index in [-0.39, 0.29) is 5.91 Å². The zero-order valence-corrected chi connectivity index (χ0v) is 15.4. The molecule has 0 aromatic heterocycles. The minimum absolute atomic E-state index is 0.124. The van der Waals surface area contributed by atoms with Gasteiger partial charge in [-0.1, -0.05) is 30.3 Å². The quantitative estimate of drug-likeness (QED) is 0.666. The van der Waals surface area contributed by atoms with Gasteiger partial charge in [0.25, 0.3) is 0 Å². The summed E-state index contributed by atoms with van der Waals surface area (Å²) in [6.45, 7) is 6.52. The molecule has 2 fully saturated rings. The van der Waals surface area contributed by atoms with E-state index in [2.05, 4.69) is 57.8 Å². The Morgan fingerprint density at radius 2 is 2.00 bits per heavy atom. The van der Waals surface area contributed by atoms with Crippen LogP contribution in [0.3, 0.4) is 0 Å². The van der Waals surface area contributed by atoms with Gasteiger partial charge in [0.1, 0.15) is 0 Å². The number of carbonyl (C=O) groups is 1. The molecule has 1 aliphatic heterocycles. The van der Waals surface area contributed by atoms with Crippen molar-refractivity contribution in [2.75, 3.05) is 52.9 Å². The highest BCUT2D eigenvalue weighted by Crippen LogP contribution is 2.27. The second kappa shape index (κ2) is 9.32. The Bertz CT molecular complexity index is 532. The molecule has 1 aliphatic carbocycles. The van der Waals surface area contributed by atoms with Crippen LogP contribution in [0.1, 0.15) is 30.9 Å². The van der Waals surface area contributed by atoms with Crippen LogP contribution in [0, 0.1) is 5.92 Å². The Morgan fingerprint density at radius 1 is 1.20 bits per heavy atom. The molecule has 5 heteroatoms. The van der Waals surface area contributed by atoms with Crippen LogP contribution in [0.15, 0.2) is 30.3 Å². The van der Waals surface area contributed by atoms with Crippen molar-refractivity contribution in [3.63, 3.8) is 0 Å². The molecule has 1 saturated carbocycles. The minimum Gasteiger partial charge on any atom is -0.355 e. The van der Waals surface area contributed by atoms with Gasteiger partial charge >= 0.3 is 0 Å². The summed E-state index contributed by atoms with van der Waals surface area (Å²) < 4.78 is 0. The van der Waals surface area contributed by atoms with Crippen molar-refractivity contribution in [1.82, 2.24) is 20.4 Å². The number of carbonyl (C=O) groups excluding carboxylic acids is 1. The van der Waals surface area contributed by atoms with E-state index in [1.165, 1.54) is 18.4 Å². The maximum atomic E-state index is 11.8. The number of nitrogens with one attached hydrogen (secondary N) is 2. The van der Waals surface area contributed by atoms with Gasteiger partial charge in [0.15, 0.2) is 0 Å². The highest BCUT2D eigenvalue weighted by molar-refractivity contribution is 5.77. The van der Waals surface area contributed by atoms with E-state index >= 15 is 0 Å². The van der Waals surface area contributed by atoms with Crippen molar-refractivity contribution in [2.24, 2.45) is 5.92 Å². The third kappa shape index (κ3) is 6.10. The molecule has 3 rings (SSSR count). The second-order valence-corrected chi connectivity index (χ2v) is 7.50. The molecule has 1 heterocycles. The standard InChI is InChI=1S/C20H32N4O/c1-23-12-13-24(19(16-23)18-6-3-2-4-7-18)11-5-10-22-20(25)15-21-14-17-8-9-17/h2-4,6-7,17,19,21H,5,8-16H2,1H3,(H,22,25). The average Bonchev–Trinajstić information content (AvgIpc) is 3.45. The van der Waals surface area contributed by atoms with Crippen LogP contribution in [-0.4, -0.2) is 68.6 Å². The number of nitrogens with zero attached hydrogens (tertiary/aromatic N) is 2. The lowest BCUT2D eigenvalue weighted by atomic mass is 10.0. The van der Waals surface area contributed by atoms with Crippen molar-refractivity contribution in [1.29, 1.82) is 0 Å². The molecular weight excluding hydrogens is 312 g/mol. The van der Waals surface area contributed by atoms with E-state index < -0.39 is 0 Å². The van der Waals surface area contributed by atoms with Gasteiger partial charge in [0.05, 0.1) is 6.54 Å². The van der Waals surface area contributed by atoms with Gasteiger partial charge in [-0.2, -0.15) is 0 Å². The fourth-order valence-electron chi connectivity index (χ4n) is 3.50. The van der Waals surface area contributed by atoms with Gasteiger partial charge in [-0.05, 0) is 44.3 Å². The van der Waals surface area contributed by atoms with Crippen molar-refractivity contribution >= 4 is 5.91 Å². The van der Waals surface area contributed by atoms with Crippen LogP contribution in [0.4, 0.5) is 0 Å². The smallest absolute Gasteiger partial charge is 0.233 e. The van der Waals surface area contributed by atoms with Gasteiger partial charge in [0, 0.05) is 38.8 Å². The van der Waals surface area contributed by atoms with Crippen LogP contribution >= 0.6 is 0 Å². The molecule has 5 nitrogen and oxygen atoms in total. The van der Waals surface area contributed by atoms with Gasteiger partial charge < -0.3 is 15.5 Å². The summed E-state index contributed by atoms with van der Waals surface area (Å²) in [5.74, 6) is 0.943. The Balaban J connectivity index is 1.37. The van der Waals surface area contributed by atoms with Gasteiger partial charge in [-0.25, -0.2) is 0 Å². The lowest BCUT2D eigenvalue weighted by Crippen LogP contribution is -2.47. The zero-order valence-electron chi connectivity index (χ0n) is 15.4. The van der Waals surface area contributed by atoms with Gasteiger partial charge in [-0.3, -0.25) is 9.69 Å². The number of amides is 1. The zero-order chi connectivity index (χ0) is 17.5. The molecule has 1 amide bonds. The molecule has 1 atom stereocenters. The molecule has 1 saturated heterocycles. The summed E-state index contributed by atoms with van der Waals surface area (Å²) in [4.78, 5) is 16.8. The molecule has 1 unspecified atom stereocenters. The summed E-state index contributed by atoms with van der Waals surface area (Å²) in [6.07, 6.45) is 3.64. The van der Waals surface area contributed by atoms with E-state index in [0.29, 0.717) is 12.6 Å². The van der Waals surface area contributed by atoms with E-state index in [4.69, 9.17) is 0 Å². The molecule has 0 radical (unpaired) electrons. The molecule has 1 aromatic carbocycles. The molecule has 1 aromatic rings. The first kappa shape index (κ1) is 18.4. The minimum atomic E-state index is 0.124. The number of likely N-dealkylation sites (N-methyl/N-ethyl adjacent to an activating group) is 1. The summed E-state index contributed by atoms with van der Waals surface area (Å²) >= 11 is 0. The monoisotopic (exact) mass is 344 g/mol. The van der Waals surface area contributed by atoms with Crippen LogP contribution in [0.25, 0.3) is 0 Å². The van der Waals surface area contributed by atoms with Crippen molar-refractivity contribution < 1.29 is 4.79 Å².